The molecule has 0 radical (unpaired) electrons. The van der Waals surface area contributed by atoms with Crippen molar-refractivity contribution in [1.29, 1.82) is 0 Å². The lowest BCUT2D eigenvalue weighted by Crippen LogP contribution is -2.19. The summed E-state index contributed by atoms with van der Waals surface area (Å²) in [6.07, 6.45) is 2.76. The number of nitrogens with two attached hydrogens (primary N) is 1. The van der Waals surface area contributed by atoms with Crippen molar-refractivity contribution in [2.75, 3.05) is 0 Å². The molecule has 0 spiro atoms. The van der Waals surface area contributed by atoms with Crippen molar-refractivity contribution in [3.05, 3.63) is 21.9 Å². The minimum Gasteiger partial charge on any atom is -0.323 e. The van der Waals surface area contributed by atoms with Crippen LogP contribution in [-0.4, -0.2) is 0 Å². The summed E-state index contributed by atoms with van der Waals surface area (Å²) in [4.78, 5) is 2.81. The lowest BCUT2D eigenvalue weighted by Gasteiger charge is -2.19. The third-order valence-electron chi connectivity index (χ3n) is 3.63. The quantitative estimate of drug-likeness (QED) is 0.842. The maximum Gasteiger partial charge on any atom is 0.0418 e. The fraction of sp³-hybridized carbons (Fsp3) is 0.714. The van der Waals surface area contributed by atoms with Gasteiger partial charge in [0.25, 0.3) is 0 Å². The molecule has 1 aliphatic carbocycles. The molecule has 2 heteroatoms. The van der Waals surface area contributed by atoms with Crippen LogP contribution < -0.4 is 5.73 Å². The van der Waals surface area contributed by atoms with Crippen molar-refractivity contribution in [3.8, 4) is 0 Å². The Bertz CT molecular complexity index is 357. The van der Waals surface area contributed by atoms with E-state index in [-0.39, 0.29) is 11.5 Å². The van der Waals surface area contributed by atoms with Crippen LogP contribution in [0.2, 0.25) is 0 Å². The van der Waals surface area contributed by atoms with Crippen LogP contribution in [0.4, 0.5) is 0 Å². The van der Waals surface area contributed by atoms with Crippen molar-refractivity contribution in [2.24, 2.45) is 17.6 Å². The summed E-state index contributed by atoms with van der Waals surface area (Å²) in [5.41, 5.74) is 6.60. The molecule has 0 saturated heterocycles. The summed E-state index contributed by atoms with van der Waals surface area (Å²) in [5, 5.41) is 0. The SMILES string of the molecule is CC(C1CC1)C(N)c1ccc(C(C)(C)C)s1. The molecule has 1 nitrogen and oxygen atoms in total. The van der Waals surface area contributed by atoms with Gasteiger partial charge < -0.3 is 5.73 Å². The Labute approximate surface area is 103 Å². The van der Waals surface area contributed by atoms with Gasteiger partial charge in [0.15, 0.2) is 0 Å². The third-order valence-corrected chi connectivity index (χ3v) is 5.24. The molecule has 2 unspecified atom stereocenters. The molecule has 2 rings (SSSR count). The molecule has 16 heavy (non-hydrogen) atoms. The predicted molar refractivity (Wildman–Crippen MR) is 71.8 cm³/mol. The second-order valence-electron chi connectivity index (χ2n) is 6.17. The first-order valence-corrected chi connectivity index (χ1v) is 7.07. The second kappa shape index (κ2) is 4.15. The highest BCUT2D eigenvalue weighted by atomic mass is 32.1. The van der Waals surface area contributed by atoms with Gasteiger partial charge in [0.05, 0.1) is 0 Å². The monoisotopic (exact) mass is 237 g/mol. The van der Waals surface area contributed by atoms with Gasteiger partial charge in [-0.3, -0.25) is 0 Å². The second-order valence-corrected chi connectivity index (χ2v) is 7.29. The number of rotatable bonds is 3. The van der Waals surface area contributed by atoms with Crippen molar-refractivity contribution < 1.29 is 0 Å². The third kappa shape index (κ3) is 2.49. The van der Waals surface area contributed by atoms with E-state index in [0.717, 1.165) is 5.92 Å². The Hall–Kier alpha value is -0.340. The molecule has 2 atom stereocenters. The summed E-state index contributed by atoms with van der Waals surface area (Å²) in [7, 11) is 0. The standard InChI is InChI=1S/C14H23NS/c1-9(10-5-6-10)13(15)11-7-8-12(16-11)14(2,3)4/h7-10,13H,5-6,15H2,1-4H3. The van der Waals surface area contributed by atoms with Gasteiger partial charge in [0, 0.05) is 15.8 Å². The maximum atomic E-state index is 6.35. The molecule has 1 aromatic rings. The Morgan fingerprint density at radius 3 is 2.38 bits per heavy atom. The van der Waals surface area contributed by atoms with Gasteiger partial charge in [0.1, 0.15) is 0 Å². The first kappa shape index (κ1) is 12.1. The van der Waals surface area contributed by atoms with Crippen molar-refractivity contribution >= 4 is 11.3 Å². The Balaban J connectivity index is 2.11. The van der Waals surface area contributed by atoms with E-state index in [2.05, 4.69) is 39.8 Å². The Morgan fingerprint density at radius 2 is 1.94 bits per heavy atom. The molecule has 2 N–H and O–H groups in total. The van der Waals surface area contributed by atoms with Crippen LogP contribution in [0.5, 0.6) is 0 Å². The molecular formula is C14H23NS. The van der Waals surface area contributed by atoms with Gasteiger partial charge in [-0.25, -0.2) is 0 Å². The van der Waals surface area contributed by atoms with E-state index in [1.807, 2.05) is 11.3 Å². The Morgan fingerprint density at radius 1 is 1.31 bits per heavy atom. The van der Waals surface area contributed by atoms with E-state index in [4.69, 9.17) is 5.73 Å². The average Bonchev–Trinajstić information content (AvgIpc) is 2.91. The van der Waals surface area contributed by atoms with E-state index in [0.29, 0.717) is 5.92 Å². The van der Waals surface area contributed by atoms with Gasteiger partial charge in [-0.1, -0.05) is 27.7 Å². The minimum absolute atomic E-state index is 0.244. The first-order valence-electron chi connectivity index (χ1n) is 6.25. The molecule has 90 valence electrons. The van der Waals surface area contributed by atoms with Gasteiger partial charge in [0.2, 0.25) is 0 Å². The molecule has 1 aromatic heterocycles. The summed E-state index contributed by atoms with van der Waals surface area (Å²) in [6, 6.07) is 4.72. The van der Waals surface area contributed by atoms with Crippen LogP contribution in [0.1, 0.15) is 56.3 Å². The zero-order valence-electron chi connectivity index (χ0n) is 10.8. The predicted octanol–water partition coefficient (Wildman–Crippen LogP) is 4.09. The van der Waals surface area contributed by atoms with Crippen molar-refractivity contribution in [2.45, 2.75) is 52.0 Å². The lowest BCUT2D eigenvalue weighted by atomic mass is 9.94. The number of hydrogen-bond donors (Lipinski definition) is 1. The van der Waals surface area contributed by atoms with E-state index in [1.165, 1.54) is 22.6 Å². The van der Waals surface area contributed by atoms with Gasteiger partial charge >= 0.3 is 0 Å². The molecule has 1 aliphatic rings. The van der Waals surface area contributed by atoms with Crippen molar-refractivity contribution in [3.63, 3.8) is 0 Å². The first-order chi connectivity index (χ1) is 7.39. The van der Waals surface area contributed by atoms with Gasteiger partial charge in [-0.2, -0.15) is 0 Å². The molecule has 0 amide bonds. The maximum absolute atomic E-state index is 6.35. The van der Waals surface area contributed by atoms with E-state index in [9.17, 15) is 0 Å². The van der Waals surface area contributed by atoms with Gasteiger partial charge in [-0.05, 0) is 42.2 Å². The molecule has 0 aliphatic heterocycles. The fourth-order valence-corrected chi connectivity index (χ4v) is 3.29. The Kier molecular flexibility index (Phi) is 3.15. The summed E-state index contributed by atoms with van der Waals surface area (Å²) in [6.45, 7) is 9.09. The molecule has 0 bridgehead atoms. The van der Waals surface area contributed by atoms with Crippen molar-refractivity contribution in [1.82, 2.24) is 0 Å². The highest BCUT2D eigenvalue weighted by molar-refractivity contribution is 7.12. The van der Waals surface area contributed by atoms with Crippen LogP contribution in [0.3, 0.4) is 0 Å². The zero-order chi connectivity index (χ0) is 11.9. The highest BCUT2D eigenvalue weighted by Crippen LogP contribution is 2.43. The van der Waals surface area contributed by atoms with E-state index < -0.39 is 0 Å². The lowest BCUT2D eigenvalue weighted by molar-refractivity contribution is 0.422. The number of hydrogen-bond acceptors (Lipinski definition) is 2. The molecular weight excluding hydrogens is 214 g/mol. The molecule has 1 saturated carbocycles. The summed E-state index contributed by atoms with van der Waals surface area (Å²) < 4.78 is 0. The smallest absolute Gasteiger partial charge is 0.0418 e. The van der Waals surface area contributed by atoms with Crippen LogP contribution in [0.25, 0.3) is 0 Å². The molecule has 0 aromatic carbocycles. The summed E-state index contributed by atoms with van der Waals surface area (Å²) >= 11 is 1.90. The zero-order valence-corrected chi connectivity index (χ0v) is 11.6. The fourth-order valence-electron chi connectivity index (χ4n) is 2.11. The molecule has 1 fully saturated rings. The molecule has 1 heterocycles. The largest absolute Gasteiger partial charge is 0.323 e. The minimum atomic E-state index is 0.244. The normalized spacial score (nSPS) is 20.8. The van der Waals surface area contributed by atoms with Crippen LogP contribution >= 0.6 is 11.3 Å². The average molecular weight is 237 g/mol. The van der Waals surface area contributed by atoms with Crippen LogP contribution in [-0.2, 0) is 5.41 Å². The van der Waals surface area contributed by atoms with E-state index >= 15 is 0 Å². The van der Waals surface area contributed by atoms with Crippen LogP contribution in [0.15, 0.2) is 12.1 Å². The number of thiophene rings is 1. The van der Waals surface area contributed by atoms with E-state index in [1.54, 1.807) is 0 Å². The summed E-state index contributed by atoms with van der Waals surface area (Å²) in [5.74, 6) is 1.53. The highest BCUT2D eigenvalue weighted by Gasteiger charge is 2.33. The topological polar surface area (TPSA) is 26.0 Å². The van der Waals surface area contributed by atoms with Gasteiger partial charge in [-0.15, -0.1) is 11.3 Å². The van der Waals surface area contributed by atoms with Crippen LogP contribution in [0, 0.1) is 11.8 Å².